The number of ether oxygens (including phenoxy) is 1. The van der Waals surface area contributed by atoms with Gasteiger partial charge in [0.1, 0.15) is 17.2 Å². The lowest BCUT2D eigenvalue weighted by Gasteiger charge is -2.24. The number of rotatable bonds is 6. The summed E-state index contributed by atoms with van der Waals surface area (Å²) in [5, 5.41) is 14.9. The summed E-state index contributed by atoms with van der Waals surface area (Å²) in [7, 11) is 0. The van der Waals surface area contributed by atoms with E-state index < -0.39 is 0 Å². The predicted molar refractivity (Wildman–Crippen MR) is 135 cm³/mol. The number of phenols is 1. The van der Waals surface area contributed by atoms with Crippen molar-refractivity contribution in [3.05, 3.63) is 95.6 Å². The number of carbonyl (C=O) groups is 1. The van der Waals surface area contributed by atoms with Crippen LogP contribution in [0.15, 0.2) is 78.9 Å². The van der Waals surface area contributed by atoms with Crippen LogP contribution in [0.2, 0.25) is 0 Å². The number of carbonyl (C=O) groups excluding carboxylic acids is 1. The second-order valence-electron chi connectivity index (χ2n) is 8.98. The highest BCUT2D eigenvalue weighted by Gasteiger charge is 2.19. The molecular weight excluding hydrogens is 410 g/mol. The standard InChI is InChI=1S/C29H29NO3/c1-5-29(3,4)21-11-17-26(19(2)18-21)33-23-14-12-22(13-15-23)30-28(32)25-16-10-20-8-6-7-9-24(20)27(25)31/h6-18,31H,5H2,1-4H3,(H,30,32). The Morgan fingerprint density at radius 2 is 1.70 bits per heavy atom. The van der Waals surface area contributed by atoms with Crippen molar-refractivity contribution in [3.8, 4) is 17.2 Å². The van der Waals surface area contributed by atoms with Gasteiger partial charge in [-0.3, -0.25) is 4.79 Å². The molecule has 4 nitrogen and oxygen atoms in total. The number of aryl methyl sites for hydroxylation is 1. The molecule has 2 N–H and O–H groups in total. The van der Waals surface area contributed by atoms with E-state index in [0.29, 0.717) is 16.8 Å². The first-order chi connectivity index (χ1) is 15.8. The van der Waals surface area contributed by atoms with Crippen LogP contribution >= 0.6 is 0 Å². The largest absolute Gasteiger partial charge is 0.506 e. The molecule has 4 heteroatoms. The number of amides is 1. The fraction of sp³-hybridized carbons (Fsp3) is 0.207. The molecule has 0 aliphatic rings. The van der Waals surface area contributed by atoms with Gasteiger partial charge in [0.25, 0.3) is 5.91 Å². The average molecular weight is 440 g/mol. The van der Waals surface area contributed by atoms with E-state index in [1.165, 1.54) is 5.56 Å². The molecule has 0 saturated heterocycles. The number of anilines is 1. The van der Waals surface area contributed by atoms with E-state index in [4.69, 9.17) is 4.74 Å². The van der Waals surface area contributed by atoms with E-state index in [9.17, 15) is 9.90 Å². The molecule has 168 valence electrons. The van der Waals surface area contributed by atoms with Gasteiger partial charge in [0.05, 0.1) is 5.56 Å². The van der Waals surface area contributed by atoms with Gasteiger partial charge >= 0.3 is 0 Å². The number of fused-ring (bicyclic) bond motifs is 1. The summed E-state index contributed by atoms with van der Waals surface area (Å²) in [5.74, 6) is 1.11. The van der Waals surface area contributed by atoms with Gasteiger partial charge in [0.15, 0.2) is 0 Å². The average Bonchev–Trinajstić information content (AvgIpc) is 2.82. The Morgan fingerprint density at radius 1 is 0.970 bits per heavy atom. The third-order valence-corrected chi connectivity index (χ3v) is 6.33. The van der Waals surface area contributed by atoms with Crippen molar-refractivity contribution in [3.63, 3.8) is 0 Å². The van der Waals surface area contributed by atoms with Crippen molar-refractivity contribution < 1.29 is 14.6 Å². The minimum absolute atomic E-state index is 0.0178. The van der Waals surface area contributed by atoms with Gasteiger partial charge in [-0.05, 0) is 71.7 Å². The minimum atomic E-state index is -0.364. The van der Waals surface area contributed by atoms with Gasteiger partial charge in [-0.1, -0.05) is 63.2 Å². The van der Waals surface area contributed by atoms with Gasteiger partial charge in [-0.25, -0.2) is 0 Å². The lowest BCUT2D eigenvalue weighted by atomic mass is 9.81. The smallest absolute Gasteiger partial charge is 0.259 e. The van der Waals surface area contributed by atoms with Crippen LogP contribution in [0.3, 0.4) is 0 Å². The molecular formula is C29H29NO3. The van der Waals surface area contributed by atoms with Crippen molar-refractivity contribution >= 4 is 22.4 Å². The number of aromatic hydroxyl groups is 1. The van der Waals surface area contributed by atoms with Crippen molar-refractivity contribution in [1.29, 1.82) is 0 Å². The minimum Gasteiger partial charge on any atom is -0.506 e. The molecule has 0 fully saturated rings. The van der Waals surface area contributed by atoms with Crippen LogP contribution in [0.4, 0.5) is 5.69 Å². The molecule has 0 bridgehead atoms. The Labute approximate surface area is 194 Å². The molecule has 33 heavy (non-hydrogen) atoms. The normalized spacial score (nSPS) is 11.4. The molecule has 0 aliphatic heterocycles. The predicted octanol–water partition coefficient (Wildman–Crippen LogP) is 7.59. The summed E-state index contributed by atoms with van der Waals surface area (Å²) in [6, 6.07) is 24.4. The van der Waals surface area contributed by atoms with Crippen molar-refractivity contribution in [2.24, 2.45) is 0 Å². The monoisotopic (exact) mass is 439 g/mol. The second-order valence-corrected chi connectivity index (χ2v) is 8.98. The van der Waals surface area contributed by atoms with Crippen LogP contribution in [-0.4, -0.2) is 11.0 Å². The number of nitrogens with one attached hydrogen (secondary N) is 1. The van der Waals surface area contributed by atoms with E-state index in [-0.39, 0.29) is 22.6 Å². The Morgan fingerprint density at radius 3 is 2.39 bits per heavy atom. The van der Waals surface area contributed by atoms with Crippen LogP contribution in [0, 0.1) is 6.92 Å². The fourth-order valence-corrected chi connectivity index (χ4v) is 3.76. The van der Waals surface area contributed by atoms with E-state index in [1.54, 1.807) is 24.3 Å². The topological polar surface area (TPSA) is 58.6 Å². The lowest BCUT2D eigenvalue weighted by Crippen LogP contribution is -2.15. The maximum absolute atomic E-state index is 12.7. The Hall–Kier alpha value is -3.79. The van der Waals surface area contributed by atoms with Gasteiger partial charge in [-0.2, -0.15) is 0 Å². The van der Waals surface area contributed by atoms with E-state index >= 15 is 0 Å². The molecule has 0 atom stereocenters. The highest BCUT2D eigenvalue weighted by molar-refractivity contribution is 6.09. The Kier molecular flexibility index (Phi) is 6.10. The van der Waals surface area contributed by atoms with Gasteiger partial charge in [-0.15, -0.1) is 0 Å². The van der Waals surface area contributed by atoms with Gasteiger partial charge < -0.3 is 15.2 Å². The van der Waals surface area contributed by atoms with Gasteiger partial charge in [0.2, 0.25) is 0 Å². The van der Waals surface area contributed by atoms with Crippen molar-refractivity contribution in [1.82, 2.24) is 0 Å². The van der Waals surface area contributed by atoms with Crippen molar-refractivity contribution in [2.75, 3.05) is 5.32 Å². The Bertz CT molecular complexity index is 1310. The molecule has 1 amide bonds. The summed E-state index contributed by atoms with van der Waals surface area (Å²) >= 11 is 0. The van der Waals surface area contributed by atoms with E-state index in [1.807, 2.05) is 42.5 Å². The zero-order valence-electron chi connectivity index (χ0n) is 19.5. The molecule has 0 saturated carbocycles. The van der Waals surface area contributed by atoms with Crippen LogP contribution in [0.25, 0.3) is 10.8 Å². The highest BCUT2D eigenvalue weighted by atomic mass is 16.5. The molecule has 0 aromatic heterocycles. The SMILES string of the molecule is CCC(C)(C)c1ccc(Oc2ccc(NC(=O)c3ccc4ccccc4c3O)cc2)c(C)c1. The quantitative estimate of drug-likeness (QED) is 0.325. The number of hydrogen-bond acceptors (Lipinski definition) is 3. The first-order valence-electron chi connectivity index (χ1n) is 11.2. The zero-order chi connectivity index (χ0) is 23.6. The first-order valence-corrected chi connectivity index (χ1v) is 11.2. The summed E-state index contributed by atoms with van der Waals surface area (Å²) in [6.07, 6.45) is 1.07. The van der Waals surface area contributed by atoms with E-state index in [0.717, 1.165) is 23.1 Å². The third kappa shape index (κ3) is 4.70. The molecule has 0 aliphatic carbocycles. The number of hydrogen-bond donors (Lipinski definition) is 2. The molecule has 4 aromatic rings. The maximum Gasteiger partial charge on any atom is 0.259 e. The third-order valence-electron chi connectivity index (χ3n) is 6.33. The van der Waals surface area contributed by atoms with Crippen LogP contribution in [-0.2, 0) is 5.41 Å². The second kappa shape index (κ2) is 8.99. The zero-order valence-corrected chi connectivity index (χ0v) is 19.5. The molecule has 0 spiro atoms. The number of benzene rings is 4. The van der Waals surface area contributed by atoms with Crippen molar-refractivity contribution in [2.45, 2.75) is 39.5 Å². The summed E-state index contributed by atoms with van der Waals surface area (Å²) < 4.78 is 6.07. The molecule has 4 rings (SSSR count). The molecule has 0 heterocycles. The van der Waals surface area contributed by atoms with E-state index in [2.05, 4.69) is 45.1 Å². The molecule has 0 unspecified atom stereocenters. The summed E-state index contributed by atoms with van der Waals surface area (Å²) in [5.41, 5.74) is 3.36. The van der Waals surface area contributed by atoms with Crippen LogP contribution in [0.1, 0.15) is 48.7 Å². The van der Waals surface area contributed by atoms with Crippen LogP contribution in [0.5, 0.6) is 17.2 Å². The highest BCUT2D eigenvalue weighted by Crippen LogP contribution is 2.33. The fourth-order valence-electron chi connectivity index (χ4n) is 3.76. The molecule has 4 aromatic carbocycles. The lowest BCUT2D eigenvalue weighted by molar-refractivity contribution is 0.102. The molecule has 0 radical (unpaired) electrons. The van der Waals surface area contributed by atoms with Gasteiger partial charge in [0, 0.05) is 11.1 Å². The summed E-state index contributed by atoms with van der Waals surface area (Å²) in [6.45, 7) is 8.73. The summed E-state index contributed by atoms with van der Waals surface area (Å²) in [4.78, 5) is 12.7. The maximum atomic E-state index is 12.7. The number of phenolic OH excluding ortho intramolecular Hbond substituents is 1. The Balaban J connectivity index is 1.47. The first kappa shape index (κ1) is 22.4. The van der Waals surface area contributed by atoms with Crippen LogP contribution < -0.4 is 10.1 Å².